The number of aliphatic carboxylic acids is 1. The Kier molecular flexibility index (Phi) is 35.8. The Bertz CT molecular complexity index is 4940. The number of allylic oxidation sites excluding steroid dienone is 2. The number of fused-ring (bicyclic) bond motifs is 9. The molecule has 7 heterocycles. The lowest BCUT2D eigenvalue weighted by Crippen LogP contribution is -2.67. The van der Waals surface area contributed by atoms with Crippen molar-refractivity contribution in [2.45, 2.75) is 338 Å². The number of esters is 1. The van der Waals surface area contributed by atoms with Crippen LogP contribution in [0.25, 0.3) is 33.4 Å². The predicted molar refractivity (Wildman–Crippen MR) is 489 cm³/mol. The topological polar surface area (TPSA) is 644 Å². The van der Waals surface area contributed by atoms with E-state index in [4.69, 9.17) is 61.3 Å². The predicted octanol–water partition coefficient (Wildman–Crippen LogP) is 1.16. The number of aliphatic hydroxyl groups is 16. The molecule has 2 aromatic carbocycles. The van der Waals surface area contributed by atoms with E-state index >= 15 is 0 Å². The Morgan fingerprint density at radius 2 is 1.19 bits per heavy atom. The first kappa shape index (κ1) is 110. The smallest absolute Gasteiger partial charge is 0.336 e. The van der Waals surface area contributed by atoms with Gasteiger partial charge in [0, 0.05) is 67.7 Å². The SMILES string of the molecule is CC(=O)NCCCCCC(=O)N[C@@H]1C(O)C(O[C@@H]2OC(C)[C@H](O[C@@H]3OC[C@@H](O)C(O)C3O)C(O)C2O)[C@H](C)O[C@@H]1CO.CNc1ccc(-c2c3ccc(=O)cc-3oc3cc(C)ccc23)c(C(=O)O)c1.COC(=O)[C@]12CCC(C)(C)CC1C1=CCC3C4(C)CC[C@H](C)[C@](C)(C=O)[C@@H]4CC[C@]3(C)[C@]1(C)C[C@H]2O.CO[C@@H]1OC(C(=O)O)[C@@H](O)[C@H](O[C@@H]2OC[C@@H](O)[C@H](O)C2O)C1O[C@@H]1OC(CO)[C@H](O)[C@H](O)C1O. The Morgan fingerprint density at radius 3 is 1.80 bits per heavy atom. The highest BCUT2D eigenvalue weighted by molar-refractivity contribution is 6.08. The zero-order valence-electron chi connectivity index (χ0n) is 80.8. The van der Waals surface area contributed by atoms with Gasteiger partial charge in [0.2, 0.25) is 11.8 Å². The average molecular weight is 1970 g/mol. The van der Waals surface area contributed by atoms with E-state index in [0.29, 0.717) is 84.6 Å². The molecule has 13 aliphatic rings. The molecule has 0 spiro atoms. The van der Waals surface area contributed by atoms with Crippen LogP contribution in [0.4, 0.5) is 5.69 Å². The van der Waals surface area contributed by atoms with Gasteiger partial charge in [-0.05, 0) is 178 Å². The first-order valence-corrected chi connectivity index (χ1v) is 47.8. The summed E-state index contributed by atoms with van der Waals surface area (Å²) in [4.78, 5) is 84.8. The molecule has 6 aliphatic carbocycles. The van der Waals surface area contributed by atoms with Crippen molar-refractivity contribution in [2.24, 2.45) is 56.2 Å². The van der Waals surface area contributed by atoms with E-state index in [1.54, 1.807) is 32.2 Å². The number of nitrogens with one attached hydrogen (secondary N) is 3. The molecule has 41 nitrogen and oxygen atoms in total. The molecule has 38 atom stereocenters. The van der Waals surface area contributed by atoms with Gasteiger partial charge >= 0.3 is 17.9 Å². The van der Waals surface area contributed by atoms with Crippen LogP contribution in [0, 0.1) is 63.1 Å². The summed E-state index contributed by atoms with van der Waals surface area (Å²) in [6, 6.07) is 14.5. The van der Waals surface area contributed by atoms with E-state index in [1.807, 2.05) is 31.2 Å². The van der Waals surface area contributed by atoms with Crippen LogP contribution < -0.4 is 21.4 Å². The highest BCUT2D eigenvalue weighted by Crippen LogP contribution is 2.76. The number of rotatable bonds is 24. The number of aryl methyl sites for hydroxylation is 1. The maximum Gasteiger partial charge on any atom is 0.336 e. The lowest BCUT2D eigenvalue weighted by Gasteiger charge is -2.71. The number of ether oxygens (including phenoxy) is 12. The van der Waals surface area contributed by atoms with Crippen LogP contribution >= 0.6 is 0 Å². The second kappa shape index (κ2) is 45.1. The Balaban J connectivity index is 0.000000168. The molecule has 15 unspecified atom stereocenters. The van der Waals surface area contributed by atoms with E-state index in [-0.39, 0.29) is 74.8 Å². The molecule has 10 fully saturated rings. The van der Waals surface area contributed by atoms with Crippen molar-refractivity contribution >= 4 is 52.7 Å². The molecule has 4 saturated carbocycles. The summed E-state index contributed by atoms with van der Waals surface area (Å²) in [7, 11) is 4.33. The molecular weight excluding hydrogens is 1830 g/mol. The fourth-order valence-electron chi connectivity index (χ4n) is 23.6. The molecule has 778 valence electrons. The van der Waals surface area contributed by atoms with Gasteiger partial charge in [0.15, 0.2) is 43.0 Å². The van der Waals surface area contributed by atoms with Crippen LogP contribution in [-0.2, 0) is 80.8 Å². The number of amides is 2. The zero-order chi connectivity index (χ0) is 102. The molecule has 41 heteroatoms. The number of carboxylic acid groups (broad SMARTS) is 2. The minimum absolute atomic E-state index is 0.0253. The maximum absolute atomic E-state index is 13.4. The molecule has 139 heavy (non-hydrogen) atoms. The van der Waals surface area contributed by atoms with E-state index in [0.717, 1.165) is 62.1 Å². The van der Waals surface area contributed by atoms with Crippen molar-refractivity contribution < 1.29 is 182 Å². The minimum atomic E-state index is -1.97. The highest BCUT2D eigenvalue weighted by Gasteiger charge is 2.72. The van der Waals surface area contributed by atoms with Gasteiger partial charge in [0.25, 0.3) is 0 Å². The number of hydrogen-bond donors (Lipinski definition) is 21. The average Bonchev–Trinajstić information content (AvgIpc) is 0.668. The Hall–Kier alpha value is -7.39. The second-order valence-electron chi connectivity index (χ2n) is 41.1. The number of aldehydes is 1. The Labute approximate surface area is 805 Å². The number of methoxy groups -OCH3 is 2. The van der Waals surface area contributed by atoms with E-state index < -0.39 is 215 Å². The van der Waals surface area contributed by atoms with Crippen molar-refractivity contribution in [1.29, 1.82) is 0 Å². The summed E-state index contributed by atoms with van der Waals surface area (Å²) in [5.74, 6) is -1.59. The van der Waals surface area contributed by atoms with E-state index in [9.17, 15) is 125 Å². The number of carboxylic acids is 2. The summed E-state index contributed by atoms with van der Waals surface area (Å²) in [6.45, 7) is 21.5. The molecule has 21 N–H and O–H groups in total. The van der Waals surface area contributed by atoms with Gasteiger partial charge in [-0.1, -0.05) is 84.7 Å². The van der Waals surface area contributed by atoms with Crippen molar-refractivity contribution in [3.05, 3.63) is 87.6 Å². The van der Waals surface area contributed by atoms with Crippen LogP contribution in [0.2, 0.25) is 0 Å². The van der Waals surface area contributed by atoms with Crippen LogP contribution in [0.1, 0.15) is 169 Å². The molecule has 2 amide bonds. The van der Waals surface area contributed by atoms with Crippen LogP contribution in [-0.4, -0.2) is 360 Å². The molecule has 0 radical (unpaired) electrons. The molecule has 0 aromatic heterocycles. The Morgan fingerprint density at radius 1 is 0.583 bits per heavy atom. The van der Waals surface area contributed by atoms with Crippen LogP contribution in [0.5, 0.6) is 0 Å². The van der Waals surface area contributed by atoms with Crippen molar-refractivity contribution in [2.75, 3.05) is 59.6 Å². The standard InChI is InChI=1S/C32H50O4.C26H46N2O14.C22H17NO4.C18H30O16/c1-20-11-13-28(4)23(29(20,5)19-33)12-14-30(6)24(28)10-9-21-22-17-27(2,3)15-16-32(22,26(35)36-8)25(34)18-31(21,30)7;1-11-23(19(34)17(15(9-29)39-11)28-16(32)7-5-4-6-8-27-13(3)30)42-26-22(37)20(35)24(12(2)40-26)41-25-21(36)18(33)14(31)10-38-25;1-12-3-6-16-19(9-12)27-20-11-14(24)5-8-17(20)21(16)15-7-4-13(23-2)10-18(15)22(25)26;1-29-18-14(34-17-10(25)8(23)7(22)5(2-19)31-17)12(11(26)13(33-18)15(27)28)32-16-9(24)6(21)4(20)3-30-16/h9,19-20,22-25,34H,10-18H2,1-8H3;11-12,14-15,17-26,29,31,33-37H,4-10H2,1-3H3,(H,27,30)(H,28,32);3-11,23H,1-2H3,(H,25,26);4-14,16-26H,2-3H2,1H3,(H,27,28)/t20-,22?,23+,24?,25+,28?,29-,30-,31+,32+;11-,12?,14+,15+,17-,18?,19?,20?,21?,22?,23?,24-,25-,26-;;4-,5?,6+,7+,8+,9?,10?,11+,12+,13?,14?,16+,17+,18-/m00.1/s1. The first-order valence-electron chi connectivity index (χ1n) is 47.8. The number of anilines is 1. The van der Waals surface area contributed by atoms with Gasteiger partial charge in [0.1, 0.15) is 139 Å². The second-order valence-corrected chi connectivity index (χ2v) is 41.1. The summed E-state index contributed by atoms with van der Waals surface area (Å²) < 4.78 is 71.5. The van der Waals surface area contributed by atoms with Crippen molar-refractivity contribution in [1.82, 2.24) is 10.6 Å². The molecule has 7 aliphatic heterocycles. The maximum atomic E-state index is 13.4. The molecule has 6 saturated heterocycles. The fraction of sp³-hybridized carbons (Fsp3) is 0.724. The zero-order valence-corrected chi connectivity index (χ0v) is 80.8. The number of aromatic carboxylic acids is 1. The number of benzene rings is 3. The fourth-order valence-corrected chi connectivity index (χ4v) is 23.6. The molecule has 2 aromatic rings. The first-order chi connectivity index (χ1) is 65.5. The number of carbonyl (C=O) groups is 6. The van der Waals surface area contributed by atoms with Gasteiger partial charge in [-0.15, -0.1) is 0 Å². The third-order valence-electron chi connectivity index (χ3n) is 32.0. The quantitative estimate of drug-likeness (QED) is 0.0154. The largest absolute Gasteiger partial charge is 0.479 e. The van der Waals surface area contributed by atoms with Crippen LogP contribution in [0.3, 0.4) is 0 Å². The number of unbranched alkanes of at least 4 members (excludes halogenated alkanes) is 2. The van der Waals surface area contributed by atoms with Crippen molar-refractivity contribution in [3.8, 4) is 22.5 Å². The molecule has 15 rings (SSSR count). The third-order valence-corrected chi connectivity index (χ3v) is 32.0. The summed E-state index contributed by atoms with van der Waals surface area (Å²) in [5.41, 5.74) is 4.81. The van der Waals surface area contributed by atoms with E-state index in [2.05, 4.69) is 70.5 Å². The summed E-state index contributed by atoms with van der Waals surface area (Å²) in [5, 5.41) is 192. The third kappa shape index (κ3) is 22.1. The molecular formula is C98H143N3O38. The monoisotopic (exact) mass is 1970 g/mol. The lowest BCUT2D eigenvalue weighted by atomic mass is 9.33. The van der Waals surface area contributed by atoms with Gasteiger partial charge in [-0.3, -0.25) is 19.2 Å². The van der Waals surface area contributed by atoms with Gasteiger partial charge in [0.05, 0.1) is 63.5 Å². The number of carbonyl (C=O) groups excluding carboxylic acids is 4. The molecule has 0 bridgehead atoms. The normalized spacial score (nSPS) is 41.2. The number of hydrogen-bond acceptors (Lipinski definition) is 37. The van der Waals surface area contributed by atoms with E-state index in [1.165, 1.54) is 51.4 Å². The van der Waals surface area contributed by atoms with Gasteiger partial charge in [-0.25, -0.2) is 9.59 Å². The minimum Gasteiger partial charge on any atom is -0.479 e. The summed E-state index contributed by atoms with van der Waals surface area (Å²) in [6.07, 6.45) is -27.1. The number of aliphatic hydroxyl groups excluding tert-OH is 16. The highest BCUT2D eigenvalue weighted by atomic mass is 16.8. The van der Waals surface area contributed by atoms with Crippen LogP contribution in [0.15, 0.2) is 75.5 Å². The van der Waals surface area contributed by atoms with Gasteiger partial charge in [-0.2, -0.15) is 0 Å². The van der Waals surface area contributed by atoms with Crippen molar-refractivity contribution in [3.63, 3.8) is 0 Å². The van der Waals surface area contributed by atoms with Gasteiger partial charge < -0.3 is 174 Å². The summed E-state index contributed by atoms with van der Waals surface area (Å²) >= 11 is 0. The lowest BCUT2D eigenvalue weighted by molar-refractivity contribution is -0.382.